The van der Waals surface area contributed by atoms with Crippen LogP contribution >= 0.6 is 12.2 Å². The van der Waals surface area contributed by atoms with E-state index in [1.165, 1.54) is 5.56 Å². The Balaban J connectivity index is 2.32. The summed E-state index contributed by atoms with van der Waals surface area (Å²) in [5, 5.41) is 9.36. The normalized spacial score (nSPS) is 10.7. The van der Waals surface area contributed by atoms with Crippen LogP contribution in [0.4, 0.5) is 0 Å². The van der Waals surface area contributed by atoms with Crippen LogP contribution in [0.5, 0.6) is 0 Å². The molecule has 0 radical (unpaired) electrons. The van der Waals surface area contributed by atoms with Gasteiger partial charge in [-0.15, -0.1) is 0 Å². The van der Waals surface area contributed by atoms with Crippen LogP contribution in [0.2, 0.25) is 0 Å². The lowest BCUT2D eigenvalue weighted by Crippen LogP contribution is -2.24. The van der Waals surface area contributed by atoms with E-state index in [0.717, 1.165) is 23.4 Å². The van der Waals surface area contributed by atoms with E-state index < -0.39 is 0 Å². The first-order valence-corrected chi connectivity index (χ1v) is 7.69. The van der Waals surface area contributed by atoms with Gasteiger partial charge < -0.3 is 4.57 Å². The molecule has 2 aromatic rings. The second kappa shape index (κ2) is 6.87. The SMILES string of the molecule is Cc1c(C)c(C)n(CN(C)Cc2ccccc2)c(=S)c1C#N. The maximum atomic E-state index is 9.36. The molecule has 1 heterocycles. The predicted molar refractivity (Wildman–Crippen MR) is 92.1 cm³/mol. The van der Waals surface area contributed by atoms with Crippen molar-refractivity contribution in [3.05, 3.63) is 62.9 Å². The van der Waals surface area contributed by atoms with Crippen molar-refractivity contribution >= 4 is 12.2 Å². The summed E-state index contributed by atoms with van der Waals surface area (Å²) in [6.45, 7) is 7.60. The third kappa shape index (κ3) is 3.27. The number of aromatic nitrogens is 1. The molecule has 1 aromatic carbocycles. The molecule has 22 heavy (non-hydrogen) atoms. The topological polar surface area (TPSA) is 32.0 Å². The van der Waals surface area contributed by atoms with E-state index in [-0.39, 0.29) is 0 Å². The van der Waals surface area contributed by atoms with Gasteiger partial charge >= 0.3 is 0 Å². The maximum absolute atomic E-state index is 9.36. The fraction of sp³-hybridized carbons (Fsp3) is 0.333. The summed E-state index contributed by atoms with van der Waals surface area (Å²) in [6.07, 6.45) is 0. The van der Waals surface area contributed by atoms with Gasteiger partial charge in [0.1, 0.15) is 10.7 Å². The number of nitriles is 1. The molecule has 3 nitrogen and oxygen atoms in total. The van der Waals surface area contributed by atoms with Crippen molar-refractivity contribution in [1.29, 1.82) is 5.26 Å². The number of benzene rings is 1. The molecule has 2 rings (SSSR count). The van der Waals surface area contributed by atoms with E-state index in [2.05, 4.69) is 41.6 Å². The molecule has 0 N–H and O–H groups in total. The van der Waals surface area contributed by atoms with Gasteiger partial charge in [0.25, 0.3) is 0 Å². The summed E-state index contributed by atoms with van der Waals surface area (Å²) in [5.41, 5.74) is 5.14. The maximum Gasteiger partial charge on any atom is 0.125 e. The van der Waals surface area contributed by atoms with Crippen LogP contribution in [0.25, 0.3) is 0 Å². The number of pyridine rings is 1. The monoisotopic (exact) mass is 311 g/mol. The van der Waals surface area contributed by atoms with Gasteiger partial charge in [-0.1, -0.05) is 42.5 Å². The molecular weight excluding hydrogens is 290 g/mol. The van der Waals surface area contributed by atoms with Gasteiger partial charge in [0.05, 0.1) is 12.2 Å². The molecule has 0 aliphatic heterocycles. The van der Waals surface area contributed by atoms with Gasteiger partial charge in [-0.25, -0.2) is 0 Å². The lowest BCUT2D eigenvalue weighted by Gasteiger charge is -2.23. The first kappa shape index (κ1) is 16.4. The minimum atomic E-state index is 0.617. The summed E-state index contributed by atoms with van der Waals surface area (Å²) in [7, 11) is 2.06. The van der Waals surface area contributed by atoms with E-state index >= 15 is 0 Å². The van der Waals surface area contributed by atoms with Gasteiger partial charge in [-0.05, 0) is 44.5 Å². The van der Waals surface area contributed by atoms with Gasteiger partial charge in [0.2, 0.25) is 0 Å². The average Bonchev–Trinajstić information content (AvgIpc) is 2.51. The third-order valence-corrected chi connectivity index (χ3v) is 4.56. The second-order valence-corrected chi connectivity index (χ2v) is 6.08. The molecule has 0 unspecified atom stereocenters. The van der Waals surface area contributed by atoms with Crippen LogP contribution in [0.15, 0.2) is 30.3 Å². The highest BCUT2D eigenvalue weighted by Gasteiger charge is 2.12. The van der Waals surface area contributed by atoms with E-state index in [0.29, 0.717) is 16.9 Å². The van der Waals surface area contributed by atoms with Crippen LogP contribution in [0.3, 0.4) is 0 Å². The second-order valence-electron chi connectivity index (χ2n) is 5.70. The number of hydrogen-bond donors (Lipinski definition) is 0. The quantitative estimate of drug-likeness (QED) is 0.797. The van der Waals surface area contributed by atoms with Crippen LogP contribution in [0, 0.1) is 36.7 Å². The standard InChI is InChI=1S/C18H21N3S/c1-13-14(2)17(10-19)18(22)21(15(13)3)12-20(4)11-16-8-6-5-7-9-16/h5-9H,11-12H2,1-4H3. The summed E-state index contributed by atoms with van der Waals surface area (Å²) in [6, 6.07) is 12.6. The van der Waals surface area contributed by atoms with Gasteiger partial charge in [-0.2, -0.15) is 5.26 Å². The van der Waals surface area contributed by atoms with Crippen molar-refractivity contribution in [2.75, 3.05) is 7.05 Å². The highest BCUT2D eigenvalue weighted by Crippen LogP contribution is 2.19. The lowest BCUT2D eigenvalue weighted by atomic mass is 10.0. The molecule has 1 aromatic heterocycles. The largest absolute Gasteiger partial charge is 0.322 e. The summed E-state index contributed by atoms with van der Waals surface area (Å²) in [4.78, 5) is 2.20. The molecule has 0 fully saturated rings. The Labute approximate surface area is 137 Å². The molecule has 114 valence electrons. The Hall–Kier alpha value is -1.96. The lowest BCUT2D eigenvalue weighted by molar-refractivity contribution is 0.255. The predicted octanol–water partition coefficient (Wildman–Crippen LogP) is 4.10. The number of nitrogens with zero attached hydrogens (tertiary/aromatic N) is 3. The summed E-state index contributed by atoms with van der Waals surface area (Å²) >= 11 is 5.52. The van der Waals surface area contributed by atoms with Crippen LogP contribution in [0.1, 0.15) is 27.9 Å². The summed E-state index contributed by atoms with van der Waals surface area (Å²) in [5.74, 6) is 0. The zero-order valence-corrected chi connectivity index (χ0v) is 14.4. The minimum absolute atomic E-state index is 0.617. The zero-order chi connectivity index (χ0) is 16.3. The fourth-order valence-corrected chi connectivity index (χ4v) is 2.99. The summed E-state index contributed by atoms with van der Waals surface area (Å²) < 4.78 is 2.68. The van der Waals surface area contributed by atoms with Crippen molar-refractivity contribution in [3.63, 3.8) is 0 Å². The van der Waals surface area contributed by atoms with E-state index in [4.69, 9.17) is 12.2 Å². The number of rotatable bonds is 4. The third-order valence-electron chi connectivity index (χ3n) is 4.13. The minimum Gasteiger partial charge on any atom is -0.322 e. The van der Waals surface area contributed by atoms with Crippen molar-refractivity contribution < 1.29 is 0 Å². The molecule has 0 atom stereocenters. The van der Waals surface area contributed by atoms with Crippen molar-refractivity contribution in [1.82, 2.24) is 9.47 Å². The van der Waals surface area contributed by atoms with Crippen molar-refractivity contribution in [3.8, 4) is 6.07 Å². The van der Waals surface area contributed by atoms with Crippen LogP contribution < -0.4 is 0 Å². The fourth-order valence-electron chi connectivity index (χ4n) is 2.60. The first-order chi connectivity index (χ1) is 10.5. The zero-order valence-electron chi connectivity index (χ0n) is 13.6. The van der Waals surface area contributed by atoms with Crippen LogP contribution in [-0.4, -0.2) is 16.5 Å². The van der Waals surface area contributed by atoms with E-state index in [9.17, 15) is 5.26 Å². The highest BCUT2D eigenvalue weighted by atomic mass is 32.1. The molecule has 4 heteroatoms. The Morgan fingerprint density at radius 1 is 1.14 bits per heavy atom. The average molecular weight is 311 g/mol. The highest BCUT2D eigenvalue weighted by molar-refractivity contribution is 7.71. The Bertz CT molecular complexity index is 770. The molecule has 0 saturated heterocycles. The molecule has 0 amide bonds. The molecule has 0 spiro atoms. The Morgan fingerprint density at radius 3 is 2.36 bits per heavy atom. The molecule has 0 saturated carbocycles. The number of hydrogen-bond acceptors (Lipinski definition) is 3. The van der Waals surface area contributed by atoms with Gasteiger partial charge in [0, 0.05) is 12.2 Å². The van der Waals surface area contributed by atoms with Crippen molar-refractivity contribution in [2.24, 2.45) is 0 Å². The van der Waals surface area contributed by atoms with Gasteiger partial charge in [-0.3, -0.25) is 4.90 Å². The Kier molecular flexibility index (Phi) is 5.12. The Morgan fingerprint density at radius 2 is 1.77 bits per heavy atom. The van der Waals surface area contributed by atoms with Crippen molar-refractivity contribution in [2.45, 2.75) is 34.0 Å². The van der Waals surface area contributed by atoms with Crippen LogP contribution in [-0.2, 0) is 13.2 Å². The van der Waals surface area contributed by atoms with E-state index in [1.807, 2.05) is 32.0 Å². The molecule has 0 aliphatic rings. The molecular formula is C18H21N3S. The molecule has 0 bridgehead atoms. The molecule has 0 aliphatic carbocycles. The first-order valence-electron chi connectivity index (χ1n) is 7.29. The smallest absolute Gasteiger partial charge is 0.125 e. The van der Waals surface area contributed by atoms with Gasteiger partial charge in [0.15, 0.2) is 0 Å². The van der Waals surface area contributed by atoms with E-state index in [1.54, 1.807) is 0 Å².